The molecular weight excluding hydrogens is 222 g/mol. The molecule has 5 nitrogen and oxygen atoms in total. The van der Waals surface area contributed by atoms with Gasteiger partial charge in [0.15, 0.2) is 0 Å². The number of hydrogen-bond donors (Lipinski definition) is 1. The van der Waals surface area contributed by atoms with Crippen LogP contribution >= 0.6 is 0 Å². The van der Waals surface area contributed by atoms with Gasteiger partial charge in [0.05, 0.1) is 25.6 Å². The van der Waals surface area contributed by atoms with E-state index in [1.807, 2.05) is 12.1 Å². The molecule has 0 saturated heterocycles. The minimum Gasteiger partial charge on any atom is -0.469 e. The standard InChI is InChI=1S/C12H13NO4/c1-15-12(14)13-8-9(10-4-2-6-16-10)11-5-3-7-17-11/h2-7,9H,8H2,1H3,(H,13,14). The Bertz CT molecular complexity index is 413. The lowest BCUT2D eigenvalue weighted by atomic mass is 10.0. The van der Waals surface area contributed by atoms with Crippen LogP contribution in [0.4, 0.5) is 4.79 Å². The lowest BCUT2D eigenvalue weighted by molar-refractivity contribution is 0.170. The van der Waals surface area contributed by atoms with Crippen molar-refractivity contribution >= 4 is 6.09 Å². The van der Waals surface area contributed by atoms with Crippen LogP contribution in [0.2, 0.25) is 0 Å². The van der Waals surface area contributed by atoms with E-state index >= 15 is 0 Å². The highest BCUT2D eigenvalue weighted by atomic mass is 16.5. The number of nitrogens with one attached hydrogen (secondary N) is 1. The number of alkyl carbamates (subject to hydrolysis) is 1. The highest BCUT2D eigenvalue weighted by Gasteiger charge is 2.20. The van der Waals surface area contributed by atoms with Crippen LogP contribution in [0.3, 0.4) is 0 Å². The van der Waals surface area contributed by atoms with Crippen LogP contribution in [0.5, 0.6) is 0 Å². The zero-order chi connectivity index (χ0) is 12.1. The number of furan rings is 2. The highest BCUT2D eigenvalue weighted by molar-refractivity contribution is 5.67. The number of methoxy groups -OCH3 is 1. The molecule has 90 valence electrons. The third-order valence-corrected chi connectivity index (χ3v) is 2.41. The molecule has 2 rings (SSSR count). The summed E-state index contributed by atoms with van der Waals surface area (Å²) in [4.78, 5) is 11.1. The smallest absolute Gasteiger partial charge is 0.406 e. The van der Waals surface area contributed by atoms with Crippen LogP contribution in [0.25, 0.3) is 0 Å². The molecule has 0 radical (unpaired) electrons. The van der Waals surface area contributed by atoms with Crippen LogP contribution in [-0.4, -0.2) is 19.7 Å². The van der Waals surface area contributed by atoms with Crippen molar-refractivity contribution in [2.45, 2.75) is 5.92 Å². The van der Waals surface area contributed by atoms with Gasteiger partial charge in [-0.15, -0.1) is 0 Å². The summed E-state index contributed by atoms with van der Waals surface area (Å²) >= 11 is 0. The van der Waals surface area contributed by atoms with E-state index in [0.29, 0.717) is 6.54 Å². The average Bonchev–Trinajstić information content (AvgIpc) is 3.01. The van der Waals surface area contributed by atoms with Gasteiger partial charge in [-0.25, -0.2) is 4.79 Å². The number of carbonyl (C=O) groups is 1. The molecule has 0 unspecified atom stereocenters. The third-order valence-electron chi connectivity index (χ3n) is 2.41. The maximum atomic E-state index is 11.1. The fourth-order valence-corrected chi connectivity index (χ4v) is 1.58. The lowest BCUT2D eigenvalue weighted by Gasteiger charge is -2.12. The summed E-state index contributed by atoms with van der Waals surface area (Å²) in [6.07, 6.45) is 2.69. The summed E-state index contributed by atoms with van der Waals surface area (Å²) in [5.41, 5.74) is 0. The Morgan fingerprint density at radius 2 is 1.88 bits per heavy atom. The van der Waals surface area contributed by atoms with E-state index < -0.39 is 6.09 Å². The van der Waals surface area contributed by atoms with Crippen molar-refractivity contribution < 1.29 is 18.4 Å². The van der Waals surface area contributed by atoms with E-state index in [-0.39, 0.29) is 5.92 Å². The van der Waals surface area contributed by atoms with Crippen molar-refractivity contribution in [2.24, 2.45) is 0 Å². The van der Waals surface area contributed by atoms with Gasteiger partial charge in [-0.2, -0.15) is 0 Å². The van der Waals surface area contributed by atoms with Crippen LogP contribution < -0.4 is 5.32 Å². The molecule has 0 aliphatic heterocycles. The molecule has 17 heavy (non-hydrogen) atoms. The zero-order valence-electron chi connectivity index (χ0n) is 9.38. The van der Waals surface area contributed by atoms with Gasteiger partial charge in [0, 0.05) is 6.54 Å². The van der Waals surface area contributed by atoms with E-state index in [2.05, 4.69) is 10.1 Å². The van der Waals surface area contributed by atoms with E-state index in [1.165, 1.54) is 7.11 Å². The Hall–Kier alpha value is -2.17. The van der Waals surface area contributed by atoms with Gasteiger partial charge >= 0.3 is 6.09 Å². The molecule has 0 bridgehead atoms. The largest absolute Gasteiger partial charge is 0.469 e. The van der Waals surface area contributed by atoms with Crippen molar-refractivity contribution in [3.63, 3.8) is 0 Å². The Balaban J connectivity index is 2.11. The second kappa shape index (κ2) is 5.25. The molecule has 0 aromatic carbocycles. The van der Waals surface area contributed by atoms with Crippen molar-refractivity contribution in [1.82, 2.24) is 5.32 Å². The lowest BCUT2D eigenvalue weighted by Crippen LogP contribution is -2.28. The number of ether oxygens (including phenoxy) is 1. The average molecular weight is 235 g/mol. The molecule has 1 N–H and O–H groups in total. The first-order chi connectivity index (χ1) is 8.31. The molecule has 0 aliphatic rings. The fraction of sp³-hybridized carbons (Fsp3) is 0.250. The Morgan fingerprint density at radius 1 is 1.29 bits per heavy atom. The van der Waals surface area contributed by atoms with E-state index in [9.17, 15) is 4.79 Å². The predicted octanol–water partition coefficient (Wildman–Crippen LogP) is 2.36. The van der Waals surface area contributed by atoms with Crippen molar-refractivity contribution in [3.8, 4) is 0 Å². The molecule has 2 aromatic heterocycles. The second-order valence-corrected chi connectivity index (χ2v) is 3.46. The normalized spacial score (nSPS) is 10.5. The molecule has 0 saturated carbocycles. The van der Waals surface area contributed by atoms with Crippen molar-refractivity contribution in [3.05, 3.63) is 48.3 Å². The summed E-state index contributed by atoms with van der Waals surface area (Å²) in [6, 6.07) is 7.27. The van der Waals surface area contributed by atoms with Gasteiger partial charge in [-0.1, -0.05) is 0 Å². The van der Waals surface area contributed by atoms with Gasteiger partial charge in [0.25, 0.3) is 0 Å². The van der Waals surface area contributed by atoms with E-state index in [4.69, 9.17) is 8.83 Å². The molecule has 0 fully saturated rings. The molecule has 0 spiro atoms. The molecular formula is C12H13NO4. The number of carbonyl (C=O) groups excluding carboxylic acids is 1. The van der Waals surface area contributed by atoms with Gasteiger partial charge in [-0.3, -0.25) is 0 Å². The topological polar surface area (TPSA) is 64.6 Å². The molecule has 1 amide bonds. The Labute approximate surface area is 98.4 Å². The van der Waals surface area contributed by atoms with Crippen LogP contribution in [0.1, 0.15) is 17.4 Å². The van der Waals surface area contributed by atoms with Crippen molar-refractivity contribution in [1.29, 1.82) is 0 Å². The minimum atomic E-state index is -0.479. The minimum absolute atomic E-state index is 0.154. The van der Waals surface area contributed by atoms with Crippen LogP contribution in [0.15, 0.2) is 45.6 Å². The number of rotatable bonds is 4. The Kier molecular flexibility index (Phi) is 3.49. The molecule has 2 heterocycles. The summed E-state index contributed by atoms with van der Waals surface area (Å²) in [5, 5.41) is 2.63. The van der Waals surface area contributed by atoms with E-state index in [1.54, 1.807) is 24.7 Å². The predicted molar refractivity (Wildman–Crippen MR) is 59.7 cm³/mol. The molecule has 0 atom stereocenters. The highest BCUT2D eigenvalue weighted by Crippen LogP contribution is 2.24. The van der Waals surface area contributed by atoms with Crippen LogP contribution in [0, 0.1) is 0 Å². The summed E-state index contributed by atoms with van der Waals surface area (Å²) in [5.74, 6) is 1.31. The third kappa shape index (κ3) is 2.69. The monoisotopic (exact) mass is 235 g/mol. The summed E-state index contributed by atoms with van der Waals surface area (Å²) in [7, 11) is 1.32. The maximum absolute atomic E-state index is 11.1. The van der Waals surface area contributed by atoms with Crippen LogP contribution in [-0.2, 0) is 4.74 Å². The fourth-order valence-electron chi connectivity index (χ4n) is 1.58. The number of amides is 1. The molecule has 5 heteroatoms. The molecule has 0 aliphatic carbocycles. The van der Waals surface area contributed by atoms with Gasteiger partial charge in [0.2, 0.25) is 0 Å². The first-order valence-electron chi connectivity index (χ1n) is 5.20. The SMILES string of the molecule is COC(=O)NCC(c1ccco1)c1ccco1. The van der Waals surface area contributed by atoms with E-state index in [0.717, 1.165) is 11.5 Å². The zero-order valence-corrected chi connectivity index (χ0v) is 9.38. The van der Waals surface area contributed by atoms with Gasteiger partial charge in [-0.05, 0) is 24.3 Å². The first-order valence-corrected chi connectivity index (χ1v) is 5.20. The van der Waals surface area contributed by atoms with Gasteiger partial charge in [0.1, 0.15) is 11.5 Å². The second-order valence-electron chi connectivity index (χ2n) is 3.46. The van der Waals surface area contributed by atoms with Gasteiger partial charge < -0.3 is 18.9 Å². The molecule has 2 aromatic rings. The van der Waals surface area contributed by atoms with Crippen molar-refractivity contribution in [2.75, 3.05) is 13.7 Å². The Morgan fingerprint density at radius 3 is 2.29 bits per heavy atom. The summed E-state index contributed by atoms with van der Waals surface area (Å²) < 4.78 is 15.2. The maximum Gasteiger partial charge on any atom is 0.406 e. The summed E-state index contributed by atoms with van der Waals surface area (Å²) in [6.45, 7) is 0.355. The number of hydrogen-bond acceptors (Lipinski definition) is 4. The first kappa shape index (κ1) is 11.3. The quantitative estimate of drug-likeness (QED) is 0.883.